The van der Waals surface area contributed by atoms with E-state index in [0.717, 1.165) is 6.42 Å². The lowest BCUT2D eigenvalue weighted by atomic mass is 10.0. The first kappa shape index (κ1) is 19.6. The third-order valence-electron chi connectivity index (χ3n) is 4.26. The number of hydrogen-bond donors (Lipinski definition) is 2. The van der Waals surface area contributed by atoms with Crippen molar-refractivity contribution in [3.05, 3.63) is 34.9 Å². The van der Waals surface area contributed by atoms with Gasteiger partial charge in [-0.15, -0.1) is 0 Å². The van der Waals surface area contributed by atoms with Crippen LogP contribution in [0.25, 0.3) is 0 Å². The number of rotatable bonds is 8. The smallest absolute Gasteiger partial charge is 0.331 e. The van der Waals surface area contributed by atoms with Crippen molar-refractivity contribution in [3.63, 3.8) is 0 Å². The van der Waals surface area contributed by atoms with E-state index in [-0.39, 0.29) is 29.2 Å². The van der Waals surface area contributed by atoms with Crippen LogP contribution in [0.1, 0.15) is 57.8 Å². The molecule has 0 saturated heterocycles. The number of carboxylic acids is 1. The lowest BCUT2D eigenvalue weighted by Gasteiger charge is -2.25. The molecule has 1 aromatic rings. The topological polar surface area (TPSA) is 113 Å². The van der Waals surface area contributed by atoms with E-state index >= 15 is 0 Å². The molecule has 1 aromatic carbocycles. The zero-order valence-electron chi connectivity index (χ0n) is 15.0. The molecule has 26 heavy (non-hydrogen) atoms. The number of imide groups is 1. The van der Waals surface area contributed by atoms with Gasteiger partial charge in [0.05, 0.1) is 17.7 Å². The van der Waals surface area contributed by atoms with Crippen LogP contribution < -0.4 is 5.32 Å². The van der Waals surface area contributed by atoms with E-state index in [1.165, 1.54) is 37.1 Å². The Morgan fingerprint density at radius 3 is 2.46 bits per heavy atom. The molecule has 8 heteroatoms. The number of carbonyl (C=O) groups is 4. The molecule has 1 atom stereocenters. The number of amides is 3. The summed E-state index contributed by atoms with van der Waals surface area (Å²) in [6.07, 6.45) is 1.54. The highest BCUT2D eigenvalue weighted by molar-refractivity contribution is 6.22. The molecule has 1 heterocycles. The Hall–Kier alpha value is -2.74. The molecule has 1 aliphatic rings. The Morgan fingerprint density at radius 2 is 1.88 bits per heavy atom. The summed E-state index contributed by atoms with van der Waals surface area (Å²) in [5.74, 6) is -2.72. The highest BCUT2D eigenvalue weighted by atomic mass is 16.5. The SMILES string of the molecule is CCCCN1C(=O)c2ccc(C(=O)NC(C)(COC)C(=O)O)cc2C1=O. The summed E-state index contributed by atoms with van der Waals surface area (Å²) in [5.41, 5.74) is -1.11. The fourth-order valence-electron chi connectivity index (χ4n) is 2.71. The number of benzene rings is 1. The van der Waals surface area contributed by atoms with Crippen molar-refractivity contribution in [1.29, 1.82) is 0 Å². The van der Waals surface area contributed by atoms with Crippen molar-refractivity contribution < 1.29 is 29.0 Å². The predicted octanol–water partition coefficient (Wildman–Crippen LogP) is 1.30. The van der Waals surface area contributed by atoms with Crippen molar-refractivity contribution in [2.24, 2.45) is 0 Å². The predicted molar refractivity (Wildman–Crippen MR) is 92.1 cm³/mol. The van der Waals surface area contributed by atoms with E-state index in [2.05, 4.69) is 5.32 Å². The normalized spacial score (nSPS) is 15.6. The number of unbranched alkanes of at least 4 members (excludes halogenated alkanes) is 1. The largest absolute Gasteiger partial charge is 0.479 e. The van der Waals surface area contributed by atoms with Crippen LogP contribution in [0.2, 0.25) is 0 Å². The quantitative estimate of drug-likeness (QED) is 0.674. The van der Waals surface area contributed by atoms with Gasteiger partial charge in [0.1, 0.15) is 0 Å². The Balaban J connectivity index is 2.26. The van der Waals surface area contributed by atoms with Gasteiger partial charge in [-0.3, -0.25) is 19.3 Å². The number of hydrogen-bond acceptors (Lipinski definition) is 5. The molecule has 0 aliphatic carbocycles. The van der Waals surface area contributed by atoms with Gasteiger partial charge in [0.2, 0.25) is 0 Å². The second-order valence-corrected chi connectivity index (χ2v) is 6.40. The van der Waals surface area contributed by atoms with E-state index in [4.69, 9.17) is 4.74 Å². The third-order valence-corrected chi connectivity index (χ3v) is 4.26. The number of ether oxygens (including phenoxy) is 1. The first-order chi connectivity index (χ1) is 12.2. The van der Waals surface area contributed by atoms with Crippen molar-refractivity contribution in [3.8, 4) is 0 Å². The summed E-state index contributed by atoms with van der Waals surface area (Å²) in [4.78, 5) is 49.8. The van der Waals surface area contributed by atoms with Gasteiger partial charge in [-0.2, -0.15) is 0 Å². The van der Waals surface area contributed by atoms with Crippen LogP contribution in [-0.2, 0) is 9.53 Å². The minimum atomic E-state index is -1.61. The number of fused-ring (bicyclic) bond motifs is 1. The fraction of sp³-hybridized carbons (Fsp3) is 0.444. The fourth-order valence-corrected chi connectivity index (χ4v) is 2.71. The van der Waals surface area contributed by atoms with Gasteiger partial charge in [-0.05, 0) is 31.5 Å². The molecule has 1 aliphatic heterocycles. The summed E-state index contributed by atoms with van der Waals surface area (Å²) < 4.78 is 4.86. The maximum atomic E-state index is 12.4. The lowest BCUT2D eigenvalue weighted by Crippen LogP contribution is -2.55. The van der Waals surface area contributed by atoms with Crippen LogP contribution in [-0.4, -0.2) is 59.5 Å². The Kier molecular flexibility index (Phi) is 5.76. The number of carbonyl (C=O) groups excluding carboxylic acids is 3. The molecule has 0 radical (unpaired) electrons. The second kappa shape index (κ2) is 7.65. The number of nitrogens with zero attached hydrogens (tertiary/aromatic N) is 1. The Morgan fingerprint density at radius 1 is 1.23 bits per heavy atom. The average molecular weight is 362 g/mol. The molecule has 0 aromatic heterocycles. The number of nitrogens with one attached hydrogen (secondary N) is 1. The van der Waals surface area contributed by atoms with Gasteiger partial charge in [-0.1, -0.05) is 13.3 Å². The van der Waals surface area contributed by atoms with Gasteiger partial charge >= 0.3 is 5.97 Å². The van der Waals surface area contributed by atoms with Gasteiger partial charge in [0.15, 0.2) is 5.54 Å². The first-order valence-corrected chi connectivity index (χ1v) is 8.30. The van der Waals surface area contributed by atoms with Crippen LogP contribution in [0.5, 0.6) is 0 Å². The summed E-state index contributed by atoms with van der Waals surface area (Å²) in [6.45, 7) is 3.39. The van der Waals surface area contributed by atoms with Crippen molar-refractivity contribution >= 4 is 23.7 Å². The number of methoxy groups -OCH3 is 1. The van der Waals surface area contributed by atoms with Crippen molar-refractivity contribution in [1.82, 2.24) is 10.2 Å². The van der Waals surface area contributed by atoms with E-state index in [9.17, 15) is 24.3 Å². The Bertz CT molecular complexity index is 760. The minimum absolute atomic E-state index is 0.103. The van der Waals surface area contributed by atoms with Crippen molar-refractivity contribution in [2.75, 3.05) is 20.3 Å². The molecule has 3 amide bonds. The second-order valence-electron chi connectivity index (χ2n) is 6.40. The zero-order chi connectivity index (χ0) is 19.5. The summed E-state index contributed by atoms with van der Waals surface area (Å²) >= 11 is 0. The molecule has 2 N–H and O–H groups in total. The highest BCUT2D eigenvalue weighted by Crippen LogP contribution is 2.24. The van der Waals surface area contributed by atoms with Gasteiger partial charge in [0.25, 0.3) is 17.7 Å². The number of carboxylic acid groups (broad SMARTS) is 1. The third kappa shape index (κ3) is 3.60. The maximum absolute atomic E-state index is 12.4. The van der Waals surface area contributed by atoms with Crippen LogP contribution >= 0.6 is 0 Å². The van der Waals surface area contributed by atoms with E-state index in [1.54, 1.807) is 0 Å². The van der Waals surface area contributed by atoms with Gasteiger partial charge in [0, 0.05) is 19.2 Å². The molecule has 140 valence electrons. The zero-order valence-corrected chi connectivity index (χ0v) is 15.0. The molecule has 8 nitrogen and oxygen atoms in total. The molecule has 0 bridgehead atoms. The van der Waals surface area contributed by atoms with E-state index < -0.39 is 23.3 Å². The maximum Gasteiger partial charge on any atom is 0.331 e. The monoisotopic (exact) mass is 362 g/mol. The molecular formula is C18H22N2O6. The molecule has 0 saturated carbocycles. The molecule has 2 rings (SSSR count). The van der Waals surface area contributed by atoms with E-state index in [1.807, 2.05) is 6.92 Å². The molecule has 0 spiro atoms. The van der Waals surface area contributed by atoms with Gasteiger partial charge < -0.3 is 15.2 Å². The molecule has 1 unspecified atom stereocenters. The summed E-state index contributed by atoms with van der Waals surface area (Å²) in [7, 11) is 1.33. The van der Waals surface area contributed by atoms with Gasteiger partial charge in [-0.25, -0.2) is 4.79 Å². The minimum Gasteiger partial charge on any atom is -0.479 e. The Labute approximate surface area is 151 Å². The van der Waals surface area contributed by atoms with Crippen LogP contribution in [0, 0.1) is 0 Å². The lowest BCUT2D eigenvalue weighted by molar-refractivity contribution is -0.145. The first-order valence-electron chi connectivity index (χ1n) is 8.30. The van der Waals surface area contributed by atoms with Crippen LogP contribution in [0.3, 0.4) is 0 Å². The van der Waals surface area contributed by atoms with Crippen molar-refractivity contribution in [2.45, 2.75) is 32.2 Å². The average Bonchev–Trinajstić information content (AvgIpc) is 2.83. The highest BCUT2D eigenvalue weighted by Gasteiger charge is 2.38. The van der Waals surface area contributed by atoms with Crippen LogP contribution in [0.15, 0.2) is 18.2 Å². The van der Waals surface area contributed by atoms with Crippen LogP contribution in [0.4, 0.5) is 0 Å². The molecular weight excluding hydrogens is 340 g/mol. The summed E-state index contributed by atoms with van der Waals surface area (Å²) in [5, 5.41) is 11.7. The molecule has 0 fully saturated rings. The standard InChI is InChI=1S/C18H22N2O6/c1-4-5-8-20-15(22)12-7-6-11(9-13(12)16(20)23)14(21)19-18(2,10-26-3)17(24)25/h6-7,9H,4-5,8,10H2,1-3H3,(H,19,21)(H,24,25). The number of aliphatic carboxylic acids is 1. The van der Waals surface area contributed by atoms with E-state index in [0.29, 0.717) is 13.0 Å². The summed E-state index contributed by atoms with van der Waals surface area (Å²) in [6, 6.07) is 4.15.